The summed E-state index contributed by atoms with van der Waals surface area (Å²) in [6.07, 6.45) is 3.31. The van der Waals surface area contributed by atoms with Crippen molar-refractivity contribution in [3.63, 3.8) is 0 Å². The topological polar surface area (TPSA) is 29.9 Å². The Morgan fingerprint density at radius 3 is 2.86 bits per heavy atom. The minimum absolute atomic E-state index is 0.643. The predicted molar refractivity (Wildman–Crippen MR) is 57.3 cm³/mol. The van der Waals surface area contributed by atoms with Gasteiger partial charge in [0, 0.05) is 31.4 Å². The molecule has 1 saturated heterocycles. The molecule has 1 aromatic heterocycles. The fourth-order valence-electron chi connectivity index (χ4n) is 2.28. The molecular weight excluding hydrogens is 174 g/mol. The lowest BCUT2D eigenvalue weighted by atomic mass is 9.90. The van der Waals surface area contributed by atoms with Gasteiger partial charge in [-0.3, -0.25) is 0 Å². The summed E-state index contributed by atoms with van der Waals surface area (Å²) in [6.45, 7) is 6.63. The molecule has 1 aromatic rings. The van der Waals surface area contributed by atoms with Crippen LogP contribution in [-0.2, 0) is 7.05 Å². The van der Waals surface area contributed by atoms with Gasteiger partial charge >= 0.3 is 0 Å². The van der Waals surface area contributed by atoms with E-state index in [1.54, 1.807) is 0 Å². The van der Waals surface area contributed by atoms with Gasteiger partial charge in [0.2, 0.25) is 0 Å². The van der Waals surface area contributed by atoms with E-state index in [4.69, 9.17) is 0 Å². The second-order valence-corrected chi connectivity index (χ2v) is 4.49. The molecule has 0 aromatic carbocycles. The molecule has 1 aliphatic rings. The molecule has 0 spiro atoms. The zero-order chi connectivity index (χ0) is 10.1. The second-order valence-electron chi connectivity index (χ2n) is 4.49. The van der Waals surface area contributed by atoms with Crippen LogP contribution in [0.4, 0.5) is 0 Å². The first kappa shape index (κ1) is 9.71. The maximum atomic E-state index is 4.35. The molecule has 14 heavy (non-hydrogen) atoms. The molecule has 2 atom stereocenters. The van der Waals surface area contributed by atoms with Crippen LogP contribution in [0.15, 0.2) is 6.20 Å². The van der Waals surface area contributed by atoms with Crippen molar-refractivity contribution in [2.24, 2.45) is 13.0 Å². The van der Waals surface area contributed by atoms with Crippen molar-refractivity contribution in [1.29, 1.82) is 0 Å². The molecule has 0 aliphatic carbocycles. The van der Waals surface area contributed by atoms with Crippen molar-refractivity contribution in [1.82, 2.24) is 14.9 Å². The van der Waals surface area contributed by atoms with Crippen molar-refractivity contribution in [3.05, 3.63) is 17.7 Å². The average molecular weight is 193 g/mol. The summed E-state index contributed by atoms with van der Waals surface area (Å²) in [7, 11) is 2.11. The first-order valence-corrected chi connectivity index (χ1v) is 5.37. The molecule has 0 radical (unpaired) electrons. The molecule has 1 aliphatic heterocycles. The molecule has 1 fully saturated rings. The third kappa shape index (κ3) is 1.69. The first-order valence-electron chi connectivity index (χ1n) is 5.37. The molecule has 2 rings (SSSR count). The normalized spacial score (nSPS) is 27.9. The number of aromatic nitrogens is 2. The standard InChI is InChI=1S/C11H19N3/c1-8-4-10(6-12-5-8)11-7-13-9(2)14(11)3/h7-8,10,12H,4-6H2,1-3H3. The van der Waals surface area contributed by atoms with Crippen LogP contribution < -0.4 is 5.32 Å². The summed E-state index contributed by atoms with van der Waals surface area (Å²) >= 11 is 0. The van der Waals surface area contributed by atoms with Crippen LogP contribution in [0.25, 0.3) is 0 Å². The minimum Gasteiger partial charge on any atom is -0.335 e. The van der Waals surface area contributed by atoms with Crippen LogP contribution in [0.5, 0.6) is 0 Å². The van der Waals surface area contributed by atoms with Gasteiger partial charge in [0.05, 0.1) is 0 Å². The quantitative estimate of drug-likeness (QED) is 0.731. The number of hydrogen-bond acceptors (Lipinski definition) is 2. The highest BCUT2D eigenvalue weighted by atomic mass is 15.1. The summed E-state index contributed by atoms with van der Waals surface area (Å²) in [5, 5.41) is 3.48. The van der Waals surface area contributed by atoms with E-state index in [1.807, 2.05) is 6.20 Å². The largest absolute Gasteiger partial charge is 0.335 e. The van der Waals surface area contributed by atoms with Gasteiger partial charge in [-0.2, -0.15) is 0 Å². The summed E-state index contributed by atoms with van der Waals surface area (Å²) in [6, 6.07) is 0. The zero-order valence-electron chi connectivity index (χ0n) is 9.25. The lowest BCUT2D eigenvalue weighted by Gasteiger charge is -2.27. The highest BCUT2D eigenvalue weighted by Crippen LogP contribution is 2.26. The van der Waals surface area contributed by atoms with E-state index in [2.05, 4.69) is 35.8 Å². The number of nitrogens with one attached hydrogen (secondary N) is 1. The Hall–Kier alpha value is -0.830. The average Bonchev–Trinajstić information content (AvgIpc) is 2.48. The maximum Gasteiger partial charge on any atom is 0.105 e. The van der Waals surface area contributed by atoms with E-state index in [0.717, 1.165) is 24.8 Å². The van der Waals surface area contributed by atoms with Gasteiger partial charge in [-0.25, -0.2) is 4.98 Å². The Morgan fingerprint density at radius 2 is 2.29 bits per heavy atom. The van der Waals surface area contributed by atoms with Gasteiger partial charge in [-0.1, -0.05) is 6.92 Å². The van der Waals surface area contributed by atoms with Crippen LogP contribution in [-0.4, -0.2) is 22.6 Å². The molecule has 0 amide bonds. The van der Waals surface area contributed by atoms with Crippen molar-refractivity contribution in [2.75, 3.05) is 13.1 Å². The van der Waals surface area contributed by atoms with Gasteiger partial charge in [0.15, 0.2) is 0 Å². The molecular formula is C11H19N3. The zero-order valence-corrected chi connectivity index (χ0v) is 9.25. The monoisotopic (exact) mass is 193 g/mol. The van der Waals surface area contributed by atoms with E-state index < -0.39 is 0 Å². The van der Waals surface area contributed by atoms with Crippen molar-refractivity contribution in [2.45, 2.75) is 26.2 Å². The SMILES string of the molecule is Cc1ncc(C2CNCC(C)C2)n1C. The van der Waals surface area contributed by atoms with E-state index in [9.17, 15) is 0 Å². The number of nitrogens with zero attached hydrogens (tertiary/aromatic N) is 2. The first-order chi connectivity index (χ1) is 6.68. The van der Waals surface area contributed by atoms with Gasteiger partial charge in [0.25, 0.3) is 0 Å². The summed E-state index contributed by atoms with van der Waals surface area (Å²) in [5.74, 6) is 2.53. The number of piperidine rings is 1. The van der Waals surface area contributed by atoms with Gasteiger partial charge in [-0.05, 0) is 25.8 Å². The van der Waals surface area contributed by atoms with E-state index in [1.165, 1.54) is 12.1 Å². The van der Waals surface area contributed by atoms with E-state index >= 15 is 0 Å². The lowest BCUT2D eigenvalue weighted by molar-refractivity contribution is 0.355. The molecule has 0 bridgehead atoms. The lowest BCUT2D eigenvalue weighted by Crippen LogP contribution is -2.34. The summed E-state index contributed by atoms with van der Waals surface area (Å²) < 4.78 is 2.21. The van der Waals surface area contributed by atoms with Gasteiger partial charge < -0.3 is 9.88 Å². The molecule has 1 N–H and O–H groups in total. The van der Waals surface area contributed by atoms with Crippen molar-refractivity contribution in [3.8, 4) is 0 Å². The number of imidazole rings is 1. The Kier molecular flexibility index (Phi) is 2.59. The molecule has 2 heterocycles. The summed E-state index contributed by atoms with van der Waals surface area (Å²) in [5.41, 5.74) is 1.38. The van der Waals surface area contributed by atoms with Crippen LogP contribution >= 0.6 is 0 Å². The second kappa shape index (κ2) is 3.73. The van der Waals surface area contributed by atoms with Crippen LogP contribution in [0.1, 0.15) is 30.8 Å². The third-order valence-electron chi connectivity index (χ3n) is 3.25. The van der Waals surface area contributed by atoms with Gasteiger partial charge in [0.1, 0.15) is 5.82 Å². The van der Waals surface area contributed by atoms with E-state index in [-0.39, 0.29) is 0 Å². The van der Waals surface area contributed by atoms with Crippen molar-refractivity contribution >= 4 is 0 Å². The Bertz CT molecular complexity index is 316. The predicted octanol–water partition coefficient (Wildman–Crippen LogP) is 1.44. The van der Waals surface area contributed by atoms with Crippen LogP contribution in [0, 0.1) is 12.8 Å². The fourth-order valence-corrected chi connectivity index (χ4v) is 2.28. The number of rotatable bonds is 1. The molecule has 78 valence electrons. The maximum absolute atomic E-state index is 4.35. The van der Waals surface area contributed by atoms with Crippen LogP contribution in [0.3, 0.4) is 0 Å². The molecule has 2 unspecified atom stereocenters. The Balaban J connectivity index is 2.18. The molecule has 3 nitrogen and oxygen atoms in total. The Morgan fingerprint density at radius 1 is 1.50 bits per heavy atom. The fraction of sp³-hybridized carbons (Fsp3) is 0.727. The minimum atomic E-state index is 0.643. The Labute approximate surface area is 85.5 Å². The molecule has 3 heteroatoms. The molecule has 0 saturated carbocycles. The van der Waals surface area contributed by atoms with Crippen molar-refractivity contribution < 1.29 is 0 Å². The number of aryl methyl sites for hydroxylation is 1. The third-order valence-corrected chi connectivity index (χ3v) is 3.25. The van der Waals surface area contributed by atoms with E-state index in [0.29, 0.717) is 5.92 Å². The highest BCUT2D eigenvalue weighted by Gasteiger charge is 2.22. The highest BCUT2D eigenvalue weighted by molar-refractivity contribution is 5.11. The van der Waals surface area contributed by atoms with Crippen LogP contribution in [0.2, 0.25) is 0 Å². The smallest absolute Gasteiger partial charge is 0.105 e. The number of hydrogen-bond donors (Lipinski definition) is 1. The summed E-state index contributed by atoms with van der Waals surface area (Å²) in [4.78, 5) is 4.35. The van der Waals surface area contributed by atoms with Gasteiger partial charge in [-0.15, -0.1) is 0 Å².